The smallest absolute Gasteiger partial charge is 0.263 e. The molecule has 1 amide bonds. The molecule has 2 rings (SSSR count). The quantitative estimate of drug-likeness (QED) is 0.748. The van der Waals surface area contributed by atoms with Crippen LogP contribution in [-0.2, 0) is 0 Å². The lowest BCUT2D eigenvalue weighted by Crippen LogP contribution is -2.22. The van der Waals surface area contributed by atoms with E-state index in [1.165, 1.54) is 24.2 Å². The van der Waals surface area contributed by atoms with Crippen molar-refractivity contribution in [3.8, 4) is 5.75 Å². The predicted octanol–water partition coefficient (Wildman–Crippen LogP) is 2.30. The molecule has 0 spiro atoms. The van der Waals surface area contributed by atoms with E-state index in [1.54, 1.807) is 7.11 Å². The molecule has 1 atom stereocenters. The number of amides is 1. The van der Waals surface area contributed by atoms with Gasteiger partial charge in [-0.25, -0.2) is 0 Å². The zero-order valence-electron chi connectivity index (χ0n) is 11.6. The second kappa shape index (κ2) is 5.69. The van der Waals surface area contributed by atoms with Gasteiger partial charge in [0.05, 0.1) is 7.11 Å². The summed E-state index contributed by atoms with van der Waals surface area (Å²) in [6.45, 7) is 4.62. The van der Waals surface area contributed by atoms with Crippen molar-refractivity contribution < 1.29 is 9.53 Å². The van der Waals surface area contributed by atoms with Crippen LogP contribution >= 0.6 is 11.3 Å². The van der Waals surface area contributed by atoms with Crippen molar-refractivity contribution in [1.29, 1.82) is 0 Å². The normalized spacial score (nSPS) is 15.9. The Kier molecular flexibility index (Phi) is 4.19. The average Bonchev–Trinajstić information content (AvgIpc) is 3.16. The molecule has 5 nitrogen and oxygen atoms in total. The molecule has 1 aliphatic carbocycles. The number of hydrogen-bond donors (Lipinski definition) is 3. The Balaban J connectivity index is 2.21. The van der Waals surface area contributed by atoms with Crippen LogP contribution in [0.3, 0.4) is 0 Å². The Labute approximate surface area is 117 Å². The van der Waals surface area contributed by atoms with Gasteiger partial charge in [0.1, 0.15) is 15.6 Å². The van der Waals surface area contributed by atoms with E-state index in [2.05, 4.69) is 17.6 Å². The second-order valence-corrected chi connectivity index (χ2v) is 5.86. The minimum Gasteiger partial charge on any atom is -0.492 e. The van der Waals surface area contributed by atoms with Gasteiger partial charge in [-0.15, -0.1) is 11.3 Å². The Hall–Kier alpha value is -1.43. The molecule has 1 saturated carbocycles. The summed E-state index contributed by atoms with van der Waals surface area (Å²) in [5.41, 5.74) is 6.42. The van der Waals surface area contributed by atoms with Crippen LogP contribution in [-0.4, -0.2) is 25.6 Å². The van der Waals surface area contributed by atoms with Crippen LogP contribution in [0.4, 0.5) is 10.7 Å². The fourth-order valence-electron chi connectivity index (χ4n) is 2.06. The number of thiophene rings is 1. The van der Waals surface area contributed by atoms with Crippen molar-refractivity contribution in [2.75, 3.05) is 24.7 Å². The van der Waals surface area contributed by atoms with Crippen molar-refractivity contribution in [2.45, 2.75) is 32.7 Å². The summed E-state index contributed by atoms with van der Waals surface area (Å²) in [4.78, 5) is 12.4. The van der Waals surface area contributed by atoms with E-state index in [-0.39, 0.29) is 5.91 Å². The highest BCUT2D eigenvalue weighted by Crippen LogP contribution is 2.44. The van der Waals surface area contributed by atoms with Crippen LogP contribution in [0.25, 0.3) is 0 Å². The SMILES string of the molecule is CCNC(=O)c1sc(NC(C)C2CC2)c(OC)c1N. The van der Waals surface area contributed by atoms with Gasteiger partial charge in [0, 0.05) is 12.6 Å². The molecular formula is C13H21N3O2S. The number of rotatable bonds is 6. The molecule has 0 aliphatic heterocycles. The molecule has 1 heterocycles. The molecule has 6 heteroatoms. The summed E-state index contributed by atoms with van der Waals surface area (Å²) in [5.74, 6) is 1.16. The third kappa shape index (κ3) is 2.94. The van der Waals surface area contributed by atoms with E-state index < -0.39 is 0 Å². The maximum absolute atomic E-state index is 11.9. The number of ether oxygens (including phenoxy) is 1. The fourth-order valence-corrected chi connectivity index (χ4v) is 3.16. The minimum atomic E-state index is -0.143. The lowest BCUT2D eigenvalue weighted by Gasteiger charge is -2.13. The number of nitrogen functional groups attached to an aromatic ring is 1. The zero-order chi connectivity index (χ0) is 14.0. The standard InChI is InChI=1S/C13H21N3O2S/c1-4-15-12(17)11-9(14)10(18-3)13(19-11)16-7(2)8-5-6-8/h7-8,16H,4-6,14H2,1-3H3,(H,15,17). The van der Waals surface area contributed by atoms with E-state index in [0.717, 1.165) is 10.9 Å². The lowest BCUT2D eigenvalue weighted by molar-refractivity contribution is 0.0960. The largest absolute Gasteiger partial charge is 0.492 e. The molecule has 19 heavy (non-hydrogen) atoms. The number of hydrogen-bond acceptors (Lipinski definition) is 5. The highest BCUT2D eigenvalue weighted by atomic mass is 32.1. The van der Waals surface area contributed by atoms with Gasteiger partial charge in [-0.1, -0.05) is 0 Å². The molecule has 0 saturated heterocycles. The Bertz CT molecular complexity index is 469. The van der Waals surface area contributed by atoms with Gasteiger partial charge in [0.25, 0.3) is 5.91 Å². The molecule has 1 aliphatic rings. The first-order valence-electron chi connectivity index (χ1n) is 6.59. The van der Waals surface area contributed by atoms with Crippen LogP contribution in [0.5, 0.6) is 5.75 Å². The third-order valence-corrected chi connectivity index (χ3v) is 4.45. The van der Waals surface area contributed by atoms with Gasteiger partial charge in [-0.05, 0) is 32.6 Å². The van der Waals surface area contributed by atoms with E-state index in [1.807, 2.05) is 6.92 Å². The first kappa shape index (κ1) is 14.0. The maximum atomic E-state index is 11.9. The molecular weight excluding hydrogens is 262 g/mol. The first-order valence-corrected chi connectivity index (χ1v) is 7.41. The summed E-state index contributed by atoms with van der Waals surface area (Å²) < 4.78 is 5.33. The maximum Gasteiger partial charge on any atom is 0.263 e. The van der Waals surface area contributed by atoms with E-state index in [9.17, 15) is 4.79 Å². The van der Waals surface area contributed by atoms with Gasteiger partial charge < -0.3 is 21.1 Å². The van der Waals surface area contributed by atoms with Crippen molar-refractivity contribution in [1.82, 2.24) is 5.32 Å². The van der Waals surface area contributed by atoms with Crippen molar-refractivity contribution in [3.05, 3.63) is 4.88 Å². The minimum absolute atomic E-state index is 0.143. The number of nitrogens with two attached hydrogens (primary N) is 1. The summed E-state index contributed by atoms with van der Waals surface area (Å²) in [7, 11) is 1.58. The Morgan fingerprint density at radius 3 is 2.79 bits per heavy atom. The second-order valence-electron chi connectivity index (χ2n) is 4.84. The van der Waals surface area contributed by atoms with Crippen LogP contribution in [0.15, 0.2) is 0 Å². The number of methoxy groups -OCH3 is 1. The molecule has 1 aromatic rings. The highest BCUT2D eigenvalue weighted by molar-refractivity contribution is 7.19. The molecule has 4 N–H and O–H groups in total. The van der Waals surface area contributed by atoms with Crippen molar-refractivity contribution >= 4 is 27.9 Å². The summed E-state index contributed by atoms with van der Waals surface area (Å²) in [5, 5.41) is 7.03. The molecule has 1 fully saturated rings. The topological polar surface area (TPSA) is 76.4 Å². The van der Waals surface area contributed by atoms with Crippen LogP contribution in [0.1, 0.15) is 36.4 Å². The molecule has 0 aromatic carbocycles. The lowest BCUT2D eigenvalue weighted by atomic mass is 10.2. The van der Waals surface area contributed by atoms with Crippen LogP contribution in [0.2, 0.25) is 0 Å². The number of carbonyl (C=O) groups excluding carboxylic acids is 1. The highest BCUT2D eigenvalue weighted by Gasteiger charge is 2.30. The van der Waals surface area contributed by atoms with Crippen LogP contribution < -0.4 is 21.1 Å². The van der Waals surface area contributed by atoms with Gasteiger partial charge in [0.15, 0.2) is 5.75 Å². The number of nitrogens with one attached hydrogen (secondary N) is 2. The number of anilines is 2. The van der Waals surface area contributed by atoms with Gasteiger partial charge in [-0.2, -0.15) is 0 Å². The molecule has 1 unspecified atom stereocenters. The molecule has 106 valence electrons. The zero-order valence-corrected chi connectivity index (χ0v) is 12.4. The Morgan fingerprint density at radius 1 is 1.58 bits per heavy atom. The van der Waals surface area contributed by atoms with Crippen molar-refractivity contribution in [2.24, 2.45) is 5.92 Å². The summed E-state index contributed by atoms with van der Waals surface area (Å²) >= 11 is 1.36. The van der Waals surface area contributed by atoms with Crippen LogP contribution in [0, 0.1) is 5.92 Å². The Morgan fingerprint density at radius 2 is 2.26 bits per heavy atom. The number of carbonyl (C=O) groups is 1. The van der Waals surface area contributed by atoms with Gasteiger partial charge in [0.2, 0.25) is 0 Å². The van der Waals surface area contributed by atoms with E-state index >= 15 is 0 Å². The van der Waals surface area contributed by atoms with E-state index in [4.69, 9.17) is 10.5 Å². The predicted molar refractivity (Wildman–Crippen MR) is 79.1 cm³/mol. The van der Waals surface area contributed by atoms with E-state index in [0.29, 0.717) is 28.9 Å². The fraction of sp³-hybridized carbons (Fsp3) is 0.615. The van der Waals surface area contributed by atoms with Gasteiger partial charge in [-0.3, -0.25) is 4.79 Å². The molecule has 0 radical (unpaired) electrons. The monoisotopic (exact) mass is 283 g/mol. The van der Waals surface area contributed by atoms with Gasteiger partial charge >= 0.3 is 0 Å². The summed E-state index contributed by atoms with van der Waals surface area (Å²) in [6, 6.07) is 0.383. The molecule has 1 aromatic heterocycles. The average molecular weight is 283 g/mol. The van der Waals surface area contributed by atoms with Crippen molar-refractivity contribution in [3.63, 3.8) is 0 Å². The third-order valence-electron chi connectivity index (χ3n) is 3.34. The first-order chi connectivity index (χ1) is 9.08. The molecule has 0 bridgehead atoms. The summed E-state index contributed by atoms with van der Waals surface area (Å²) in [6.07, 6.45) is 2.53.